The highest BCUT2D eigenvalue weighted by molar-refractivity contribution is 7.99. The Labute approximate surface area is 152 Å². The van der Waals surface area contributed by atoms with Crippen molar-refractivity contribution in [3.05, 3.63) is 0 Å². The van der Waals surface area contributed by atoms with E-state index in [1.54, 1.807) is 0 Å². The van der Waals surface area contributed by atoms with Gasteiger partial charge in [-0.3, -0.25) is 9.89 Å². The third-order valence-electron chi connectivity index (χ3n) is 5.07. The predicted octanol–water partition coefficient (Wildman–Crippen LogP) is 2.19. The molecule has 0 spiro atoms. The number of ether oxygens (including phenoxy) is 1. The van der Waals surface area contributed by atoms with Crippen molar-refractivity contribution in [1.29, 1.82) is 0 Å². The zero-order valence-corrected chi connectivity index (χ0v) is 16.6. The molecule has 0 amide bonds. The lowest BCUT2D eigenvalue weighted by Gasteiger charge is -2.43. The number of nitrogens with one attached hydrogen (secondary N) is 2. The molecule has 2 aliphatic rings. The van der Waals surface area contributed by atoms with Gasteiger partial charge < -0.3 is 15.4 Å². The maximum atomic E-state index is 5.54. The second-order valence-electron chi connectivity index (χ2n) is 7.37. The normalized spacial score (nSPS) is 26.1. The smallest absolute Gasteiger partial charge is 0.191 e. The van der Waals surface area contributed by atoms with Crippen LogP contribution in [0.4, 0.5) is 0 Å². The molecule has 2 saturated heterocycles. The van der Waals surface area contributed by atoms with Crippen LogP contribution in [0.25, 0.3) is 0 Å². The van der Waals surface area contributed by atoms with Crippen molar-refractivity contribution in [2.24, 2.45) is 10.9 Å². The maximum Gasteiger partial charge on any atom is 0.191 e. The molecule has 0 bridgehead atoms. The summed E-state index contributed by atoms with van der Waals surface area (Å²) in [4.78, 5) is 7.04. The largest absolute Gasteiger partial charge is 0.379 e. The summed E-state index contributed by atoms with van der Waals surface area (Å²) in [6, 6.07) is 0. The highest BCUT2D eigenvalue weighted by Crippen LogP contribution is 2.33. The Kier molecular flexibility index (Phi) is 8.70. The maximum absolute atomic E-state index is 5.54. The Bertz CT molecular complexity index is 377. The van der Waals surface area contributed by atoms with Crippen LogP contribution in [0.1, 0.15) is 39.5 Å². The first-order valence-corrected chi connectivity index (χ1v) is 10.7. The highest BCUT2D eigenvalue weighted by Gasteiger charge is 2.40. The number of hydrogen-bond acceptors (Lipinski definition) is 4. The lowest BCUT2D eigenvalue weighted by Crippen LogP contribution is -2.60. The molecule has 5 nitrogen and oxygen atoms in total. The number of rotatable bonds is 8. The summed E-state index contributed by atoms with van der Waals surface area (Å²) < 4.78 is 5.54. The van der Waals surface area contributed by atoms with Crippen LogP contribution in [0, 0.1) is 5.92 Å². The summed E-state index contributed by atoms with van der Waals surface area (Å²) >= 11 is 2.08. The van der Waals surface area contributed by atoms with E-state index in [2.05, 4.69) is 46.1 Å². The molecule has 24 heavy (non-hydrogen) atoms. The second kappa shape index (κ2) is 10.5. The zero-order chi connectivity index (χ0) is 17.3. The third-order valence-corrected chi connectivity index (χ3v) is 6.31. The molecule has 2 heterocycles. The van der Waals surface area contributed by atoms with Crippen LogP contribution >= 0.6 is 11.8 Å². The van der Waals surface area contributed by atoms with Gasteiger partial charge in [0.1, 0.15) is 0 Å². The van der Waals surface area contributed by atoms with Crippen molar-refractivity contribution in [3.8, 4) is 0 Å². The fourth-order valence-electron chi connectivity index (χ4n) is 3.49. The van der Waals surface area contributed by atoms with Crippen molar-refractivity contribution in [1.82, 2.24) is 15.5 Å². The van der Waals surface area contributed by atoms with E-state index in [0.717, 1.165) is 51.3 Å². The second-order valence-corrected chi connectivity index (χ2v) is 8.47. The monoisotopic (exact) mass is 356 g/mol. The van der Waals surface area contributed by atoms with Crippen molar-refractivity contribution in [2.75, 3.05) is 57.9 Å². The number of nitrogens with zero attached hydrogens (tertiary/aromatic N) is 2. The molecule has 0 aromatic rings. The molecule has 2 N–H and O–H groups in total. The lowest BCUT2D eigenvalue weighted by atomic mass is 9.95. The van der Waals surface area contributed by atoms with Crippen molar-refractivity contribution in [2.45, 2.75) is 45.1 Å². The minimum atomic E-state index is 0.268. The van der Waals surface area contributed by atoms with Gasteiger partial charge in [-0.2, -0.15) is 11.8 Å². The van der Waals surface area contributed by atoms with Gasteiger partial charge in [0.25, 0.3) is 0 Å². The first-order valence-electron chi connectivity index (χ1n) is 9.51. The van der Waals surface area contributed by atoms with E-state index in [9.17, 15) is 0 Å². The minimum Gasteiger partial charge on any atom is -0.379 e. The molecule has 2 rings (SSSR count). The van der Waals surface area contributed by atoms with Gasteiger partial charge in [-0.15, -0.1) is 0 Å². The van der Waals surface area contributed by atoms with E-state index in [1.807, 2.05) is 7.05 Å². The summed E-state index contributed by atoms with van der Waals surface area (Å²) in [5.41, 5.74) is 0.268. The first kappa shape index (κ1) is 19.9. The van der Waals surface area contributed by atoms with E-state index in [0.29, 0.717) is 0 Å². The van der Waals surface area contributed by atoms with Gasteiger partial charge in [-0.05, 0) is 24.5 Å². The highest BCUT2D eigenvalue weighted by atomic mass is 32.2. The third kappa shape index (κ3) is 6.12. The molecule has 2 fully saturated rings. The number of thioether (sulfide) groups is 1. The van der Waals surface area contributed by atoms with Crippen LogP contribution in [0.15, 0.2) is 4.99 Å². The van der Waals surface area contributed by atoms with Crippen LogP contribution in [-0.2, 0) is 4.74 Å². The van der Waals surface area contributed by atoms with Crippen molar-refractivity contribution >= 4 is 17.7 Å². The zero-order valence-electron chi connectivity index (χ0n) is 15.8. The average Bonchev–Trinajstić information content (AvgIpc) is 3.08. The van der Waals surface area contributed by atoms with Gasteiger partial charge in [0.15, 0.2) is 5.96 Å². The summed E-state index contributed by atoms with van der Waals surface area (Å²) in [7, 11) is 1.87. The SMILES string of the molecule is CN=C(NCCCCC(C)C)NCC1(N2CCOCC2)CCSC1. The standard InChI is InChI=1S/C18H36N4OS/c1-16(2)6-4-5-8-20-17(19-3)21-14-18(7-13-24-15-18)22-9-11-23-12-10-22/h16H,4-15H2,1-3H3,(H2,19,20,21). The quantitative estimate of drug-likeness (QED) is 0.397. The molecule has 0 radical (unpaired) electrons. The van der Waals surface area contributed by atoms with Crippen molar-refractivity contribution in [3.63, 3.8) is 0 Å². The molecule has 0 saturated carbocycles. The van der Waals surface area contributed by atoms with Gasteiger partial charge in [0, 0.05) is 44.5 Å². The topological polar surface area (TPSA) is 48.9 Å². The van der Waals surface area contributed by atoms with Crippen molar-refractivity contribution < 1.29 is 4.74 Å². The van der Waals surface area contributed by atoms with Crippen LogP contribution in [-0.4, -0.2) is 74.3 Å². The predicted molar refractivity (Wildman–Crippen MR) is 105 cm³/mol. The van der Waals surface area contributed by atoms with E-state index in [4.69, 9.17) is 4.74 Å². The molecule has 0 aromatic carbocycles. The van der Waals surface area contributed by atoms with Gasteiger partial charge in [-0.1, -0.05) is 26.7 Å². The number of unbranched alkanes of at least 4 members (excludes halogenated alkanes) is 1. The van der Waals surface area contributed by atoms with E-state index < -0.39 is 0 Å². The minimum absolute atomic E-state index is 0.268. The number of guanidine groups is 1. The molecular formula is C18H36N4OS. The molecular weight excluding hydrogens is 320 g/mol. The Morgan fingerprint density at radius 2 is 2.04 bits per heavy atom. The summed E-state index contributed by atoms with van der Waals surface area (Å²) in [6.45, 7) is 10.4. The molecule has 6 heteroatoms. The average molecular weight is 357 g/mol. The Balaban J connectivity index is 1.75. The van der Waals surface area contributed by atoms with Gasteiger partial charge >= 0.3 is 0 Å². The molecule has 2 aliphatic heterocycles. The first-order chi connectivity index (χ1) is 11.7. The van der Waals surface area contributed by atoms with Crippen LogP contribution in [0.2, 0.25) is 0 Å². The molecule has 1 unspecified atom stereocenters. The van der Waals surface area contributed by atoms with Crippen LogP contribution in [0.3, 0.4) is 0 Å². The van der Waals surface area contributed by atoms with Gasteiger partial charge in [0.2, 0.25) is 0 Å². The van der Waals surface area contributed by atoms with Crippen LogP contribution in [0.5, 0.6) is 0 Å². The molecule has 1 atom stereocenters. The number of morpholine rings is 1. The molecule has 140 valence electrons. The van der Waals surface area contributed by atoms with Gasteiger partial charge in [0.05, 0.1) is 13.2 Å². The Morgan fingerprint density at radius 1 is 1.25 bits per heavy atom. The molecule has 0 aliphatic carbocycles. The molecule has 0 aromatic heterocycles. The summed E-state index contributed by atoms with van der Waals surface area (Å²) in [6.07, 6.45) is 5.07. The number of aliphatic imine (C=N–C) groups is 1. The fraction of sp³-hybridized carbons (Fsp3) is 0.944. The lowest BCUT2D eigenvalue weighted by molar-refractivity contribution is -0.0120. The Hall–Kier alpha value is -0.460. The van der Waals surface area contributed by atoms with E-state index >= 15 is 0 Å². The van der Waals surface area contributed by atoms with E-state index in [1.165, 1.54) is 37.2 Å². The summed E-state index contributed by atoms with van der Waals surface area (Å²) in [5.74, 6) is 4.23. The van der Waals surface area contributed by atoms with Gasteiger partial charge in [-0.25, -0.2) is 0 Å². The van der Waals surface area contributed by atoms with E-state index in [-0.39, 0.29) is 5.54 Å². The summed E-state index contributed by atoms with van der Waals surface area (Å²) in [5, 5.41) is 7.07. The number of hydrogen-bond donors (Lipinski definition) is 2. The Morgan fingerprint density at radius 3 is 2.67 bits per heavy atom. The fourth-order valence-corrected chi connectivity index (χ4v) is 4.97. The van der Waals surface area contributed by atoms with Crippen LogP contribution < -0.4 is 10.6 Å².